The van der Waals surface area contributed by atoms with Crippen LogP contribution in [-0.4, -0.2) is 45.7 Å². The second kappa shape index (κ2) is 7.15. The molecule has 1 aromatic carbocycles. The van der Waals surface area contributed by atoms with Gasteiger partial charge in [0.2, 0.25) is 0 Å². The van der Waals surface area contributed by atoms with Gasteiger partial charge in [0.05, 0.1) is 12.1 Å². The van der Waals surface area contributed by atoms with E-state index in [2.05, 4.69) is 10.3 Å². The normalized spacial score (nSPS) is 23.7. The number of nitrogens with zero attached hydrogens (tertiary/aromatic N) is 3. The number of fused-ring (bicyclic) bond motifs is 2. The molecule has 9 nitrogen and oxygen atoms in total. The standard InChI is InChI=1S/C23H26N6O3/c1-28-8-6-15(9-19(28)30)32-14-22-10-23(11-22,29(13-22)21(25)31)12-27-18-4-2-3-17-16(18)5-7-26-20(17)24/h2-9,27H,10-14H2,1H3,(H2,24,26)(H2,25,31). The third-order valence-corrected chi connectivity index (χ3v) is 6.81. The van der Waals surface area contributed by atoms with Gasteiger partial charge in [0, 0.05) is 60.5 Å². The minimum atomic E-state index is -0.425. The van der Waals surface area contributed by atoms with Crippen molar-refractivity contribution in [3.63, 3.8) is 0 Å². The van der Waals surface area contributed by atoms with E-state index < -0.39 is 6.03 Å². The van der Waals surface area contributed by atoms with Crippen molar-refractivity contribution in [3.05, 3.63) is 59.1 Å². The maximum atomic E-state index is 12.2. The first-order valence-electron chi connectivity index (χ1n) is 10.5. The molecule has 3 aliphatic rings. The van der Waals surface area contributed by atoms with Crippen LogP contribution in [0.5, 0.6) is 5.75 Å². The Bertz CT molecular complexity index is 1260. The lowest BCUT2D eigenvalue weighted by Crippen LogP contribution is -2.57. The summed E-state index contributed by atoms with van der Waals surface area (Å²) in [4.78, 5) is 30.0. The maximum absolute atomic E-state index is 12.2. The smallest absolute Gasteiger partial charge is 0.315 e. The van der Waals surface area contributed by atoms with Crippen LogP contribution in [0.15, 0.2) is 53.6 Å². The SMILES string of the molecule is Cn1ccc(OCC23CN(C(N)=O)C(CNc4cccc5c(N)nccc45)(C2)C3)cc1=O. The van der Waals surface area contributed by atoms with Crippen LogP contribution in [0.3, 0.4) is 0 Å². The number of amides is 2. The minimum Gasteiger partial charge on any atom is -0.493 e. The Balaban J connectivity index is 1.31. The van der Waals surface area contributed by atoms with Gasteiger partial charge in [0.1, 0.15) is 11.6 Å². The van der Waals surface area contributed by atoms with Crippen LogP contribution in [0.4, 0.5) is 16.3 Å². The van der Waals surface area contributed by atoms with Gasteiger partial charge in [0.15, 0.2) is 0 Å². The summed E-state index contributed by atoms with van der Waals surface area (Å²) in [5.74, 6) is 1.03. The summed E-state index contributed by atoms with van der Waals surface area (Å²) in [5, 5.41) is 5.38. The highest BCUT2D eigenvalue weighted by molar-refractivity contribution is 5.99. The fourth-order valence-electron chi connectivity index (χ4n) is 5.33. The number of hydrogen-bond donors (Lipinski definition) is 3. The Kier molecular flexibility index (Phi) is 4.51. The average molecular weight is 435 g/mol. The van der Waals surface area contributed by atoms with Gasteiger partial charge in [-0.3, -0.25) is 4.79 Å². The third kappa shape index (κ3) is 3.21. The lowest BCUT2D eigenvalue weighted by Gasteiger charge is -2.47. The second-order valence-corrected chi connectivity index (χ2v) is 9.05. The summed E-state index contributed by atoms with van der Waals surface area (Å²) in [7, 11) is 1.70. The van der Waals surface area contributed by atoms with Gasteiger partial charge >= 0.3 is 6.03 Å². The molecule has 1 saturated carbocycles. The van der Waals surface area contributed by atoms with E-state index in [0.29, 0.717) is 31.3 Å². The molecule has 166 valence electrons. The quantitative estimate of drug-likeness (QED) is 0.544. The number of urea groups is 1. The summed E-state index contributed by atoms with van der Waals surface area (Å²) < 4.78 is 7.43. The van der Waals surface area contributed by atoms with Crippen molar-refractivity contribution < 1.29 is 9.53 Å². The maximum Gasteiger partial charge on any atom is 0.315 e. The first-order valence-corrected chi connectivity index (χ1v) is 10.5. The number of anilines is 2. The number of nitrogen functional groups attached to an aromatic ring is 1. The zero-order chi connectivity index (χ0) is 22.5. The van der Waals surface area contributed by atoms with E-state index in [0.717, 1.165) is 29.3 Å². The molecule has 2 amide bonds. The number of carbonyl (C=O) groups is 1. The highest BCUT2D eigenvalue weighted by Gasteiger charge is 2.66. The van der Waals surface area contributed by atoms with E-state index in [1.807, 2.05) is 24.3 Å². The summed E-state index contributed by atoms with van der Waals surface area (Å²) in [6, 6.07) is 10.6. The summed E-state index contributed by atoms with van der Waals surface area (Å²) in [6.07, 6.45) is 4.95. The molecule has 0 unspecified atom stereocenters. The van der Waals surface area contributed by atoms with Crippen LogP contribution in [0.25, 0.3) is 10.8 Å². The lowest BCUT2D eigenvalue weighted by molar-refractivity contribution is 0.0453. The molecule has 3 aromatic rings. The van der Waals surface area contributed by atoms with Crippen LogP contribution in [0, 0.1) is 5.41 Å². The summed E-state index contributed by atoms with van der Waals surface area (Å²) >= 11 is 0. The van der Waals surface area contributed by atoms with Crippen LogP contribution < -0.4 is 27.1 Å². The number of benzene rings is 1. The number of nitrogens with one attached hydrogen (secondary N) is 1. The lowest BCUT2D eigenvalue weighted by atomic mass is 9.62. The number of ether oxygens (including phenoxy) is 1. The Morgan fingerprint density at radius 2 is 2.06 bits per heavy atom. The van der Waals surface area contributed by atoms with Gasteiger partial charge < -0.3 is 31.0 Å². The van der Waals surface area contributed by atoms with Crippen molar-refractivity contribution in [1.82, 2.24) is 14.5 Å². The Hall–Kier alpha value is -3.75. The van der Waals surface area contributed by atoms with Crippen LogP contribution >= 0.6 is 0 Å². The first-order chi connectivity index (χ1) is 15.3. The predicted octanol–water partition coefficient (Wildman–Crippen LogP) is 1.92. The Morgan fingerprint density at radius 3 is 2.81 bits per heavy atom. The second-order valence-electron chi connectivity index (χ2n) is 9.05. The molecule has 32 heavy (non-hydrogen) atoms. The zero-order valence-corrected chi connectivity index (χ0v) is 17.9. The molecule has 4 heterocycles. The van der Waals surface area contributed by atoms with E-state index >= 15 is 0 Å². The van der Waals surface area contributed by atoms with Crippen molar-refractivity contribution >= 4 is 28.3 Å². The molecule has 2 aromatic heterocycles. The highest BCUT2D eigenvalue weighted by atomic mass is 16.5. The van der Waals surface area contributed by atoms with Gasteiger partial charge in [-0.1, -0.05) is 12.1 Å². The number of aromatic nitrogens is 2. The molecule has 5 N–H and O–H groups in total. The van der Waals surface area contributed by atoms with E-state index in [9.17, 15) is 9.59 Å². The van der Waals surface area contributed by atoms with E-state index in [-0.39, 0.29) is 16.5 Å². The number of hydrogen-bond acceptors (Lipinski definition) is 6. The topological polar surface area (TPSA) is 128 Å². The number of rotatable bonds is 6. The van der Waals surface area contributed by atoms with E-state index in [1.165, 1.54) is 10.6 Å². The molecule has 1 aliphatic carbocycles. The van der Waals surface area contributed by atoms with Gasteiger partial charge in [0.25, 0.3) is 5.56 Å². The molecule has 6 rings (SSSR count). The molecule has 0 radical (unpaired) electrons. The number of aryl methyl sites for hydroxylation is 1. The van der Waals surface area contributed by atoms with Crippen molar-refractivity contribution in [2.45, 2.75) is 18.4 Å². The van der Waals surface area contributed by atoms with Gasteiger partial charge in [-0.2, -0.15) is 0 Å². The number of primary amides is 1. The molecule has 9 heteroatoms. The third-order valence-electron chi connectivity index (χ3n) is 6.81. The van der Waals surface area contributed by atoms with Gasteiger partial charge in [-0.25, -0.2) is 9.78 Å². The van der Waals surface area contributed by atoms with Crippen molar-refractivity contribution in [1.29, 1.82) is 0 Å². The molecule has 0 atom stereocenters. The Morgan fingerprint density at radius 1 is 1.25 bits per heavy atom. The molecular weight excluding hydrogens is 408 g/mol. The summed E-state index contributed by atoms with van der Waals surface area (Å²) in [6.45, 7) is 1.55. The molecular formula is C23H26N6O3. The molecule has 3 fully saturated rings. The fourth-order valence-corrected chi connectivity index (χ4v) is 5.33. The van der Waals surface area contributed by atoms with Crippen LogP contribution in [0.1, 0.15) is 12.8 Å². The minimum absolute atomic E-state index is 0.122. The predicted molar refractivity (Wildman–Crippen MR) is 123 cm³/mol. The number of pyridine rings is 2. The van der Waals surface area contributed by atoms with Crippen molar-refractivity contribution in [3.8, 4) is 5.75 Å². The van der Waals surface area contributed by atoms with Gasteiger partial charge in [-0.05, 0) is 31.0 Å². The summed E-state index contributed by atoms with van der Waals surface area (Å²) in [5.41, 5.74) is 12.0. The largest absolute Gasteiger partial charge is 0.493 e. The van der Waals surface area contributed by atoms with Gasteiger partial charge in [-0.15, -0.1) is 0 Å². The average Bonchev–Trinajstić information content (AvgIpc) is 3.25. The molecule has 0 spiro atoms. The zero-order valence-electron chi connectivity index (χ0n) is 17.9. The highest BCUT2D eigenvalue weighted by Crippen LogP contribution is 2.59. The fraction of sp³-hybridized carbons (Fsp3) is 0.348. The van der Waals surface area contributed by atoms with E-state index in [4.69, 9.17) is 16.2 Å². The van der Waals surface area contributed by atoms with Crippen LogP contribution in [0.2, 0.25) is 0 Å². The Labute approximate surface area is 185 Å². The molecule has 2 aliphatic heterocycles. The number of nitrogens with two attached hydrogens (primary N) is 2. The molecule has 2 saturated heterocycles. The molecule has 2 bridgehead atoms. The monoisotopic (exact) mass is 434 g/mol. The first kappa shape index (κ1) is 20.2. The number of carbonyl (C=O) groups excluding carboxylic acids is 1. The van der Waals surface area contributed by atoms with Crippen molar-refractivity contribution in [2.24, 2.45) is 18.2 Å². The van der Waals surface area contributed by atoms with Crippen LogP contribution in [-0.2, 0) is 7.05 Å². The van der Waals surface area contributed by atoms with E-state index in [1.54, 1.807) is 30.4 Å². The van der Waals surface area contributed by atoms with Crippen molar-refractivity contribution in [2.75, 3.05) is 30.7 Å².